The van der Waals surface area contributed by atoms with Gasteiger partial charge in [0.2, 0.25) is 0 Å². The number of aromatic nitrogens is 1. The molecule has 2 aromatic carbocycles. The van der Waals surface area contributed by atoms with Crippen molar-refractivity contribution in [3.05, 3.63) is 76.4 Å². The molecular formula is C27H28FN3O5. The molecule has 3 heterocycles. The Labute approximate surface area is 208 Å². The average molecular weight is 494 g/mol. The minimum Gasteiger partial charge on any atom is -0.505 e. The van der Waals surface area contributed by atoms with E-state index < -0.39 is 0 Å². The molecule has 3 aromatic rings. The standard InChI is InChI=1S/C27H28FN3O5/c1-16-13-30(15-18-6-9-20(35-2)12-22(18)36-3)27(34)24-25(32)23-21(31(16)24)10-11-29(26(23)33)14-17-4-7-19(28)8-5-17/h4-9,12,16,32H,10-11,13-15H2,1-3H3. The smallest absolute Gasteiger partial charge is 0.274 e. The number of fused-ring (bicyclic) bond motifs is 3. The van der Waals surface area contributed by atoms with Gasteiger partial charge in [-0.25, -0.2) is 4.39 Å². The number of rotatable bonds is 6. The lowest BCUT2D eigenvalue weighted by Gasteiger charge is -2.35. The van der Waals surface area contributed by atoms with Gasteiger partial charge in [-0.15, -0.1) is 0 Å². The molecule has 0 saturated carbocycles. The van der Waals surface area contributed by atoms with E-state index in [0.29, 0.717) is 43.2 Å². The molecule has 188 valence electrons. The second-order valence-electron chi connectivity index (χ2n) is 9.20. The number of methoxy groups -OCH3 is 2. The predicted octanol–water partition coefficient (Wildman–Crippen LogP) is 3.77. The number of aromatic hydroxyl groups is 1. The summed E-state index contributed by atoms with van der Waals surface area (Å²) in [7, 11) is 3.14. The minimum absolute atomic E-state index is 0.131. The number of hydrogen-bond acceptors (Lipinski definition) is 5. The maximum absolute atomic E-state index is 13.6. The van der Waals surface area contributed by atoms with Gasteiger partial charge in [0.25, 0.3) is 11.8 Å². The number of benzene rings is 2. The highest BCUT2D eigenvalue weighted by molar-refractivity contribution is 6.06. The Kier molecular flexibility index (Phi) is 6.07. The molecule has 5 rings (SSSR count). The lowest BCUT2D eigenvalue weighted by atomic mass is 10.0. The molecule has 0 radical (unpaired) electrons. The second kappa shape index (κ2) is 9.22. The van der Waals surface area contributed by atoms with Crippen molar-refractivity contribution >= 4 is 11.8 Å². The first kappa shape index (κ1) is 23.7. The number of hydrogen-bond donors (Lipinski definition) is 1. The molecule has 1 N–H and O–H groups in total. The third-order valence-electron chi connectivity index (χ3n) is 6.96. The Balaban J connectivity index is 1.44. The monoisotopic (exact) mass is 493 g/mol. The largest absolute Gasteiger partial charge is 0.505 e. The summed E-state index contributed by atoms with van der Waals surface area (Å²) in [5.74, 6) is -0.0306. The van der Waals surface area contributed by atoms with Crippen LogP contribution in [0.1, 0.15) is 50.6 Å². The van der Waals surface area contributed by atoms with E-state index in [9.17, 15) is 19.1 Å². The minimum atomic E-state index is -0.340. The molecule has 1 unspecified atom stereocenters. The molecule has 0 fully saturated rings. The van der Waals surface area contributed by atoms with E-state index in [0.717, 1.165) is 11.1 Å². The Morgan fingerprint density at radius 1 is 1.00 bits per heavy atom. The Hall–Kier alpha value is -4.01. The van der Waals surface area contributed by atoms with Crippen LogP contribution >= 0.6 is 0 Å². The summed E-state index contributed by atoms with van der Waals surface area (Å²) in [4.78, 5) is 30.2. The summed E-state index contributed by atoms with van der Waals surface area (Å²) in [6, 6.07) is 11.3. The maximum Gasteiger partial charge on any atom is 0.274 e. The topological polar surface area (TPSA) is 84.2 Å². The molecule has 2 amide bonds. The first-order chi connectivity index (χ1) is 17.3. The molecule has 0 aliphatic carbocycles. The third-order valence-corrected chi connectivity index (χ3v) is 6.96. The number of carbonyl (C=O) groups excluding carboxylic acids is 2. The summed E-state index contributed by atoms with van der Waals surface area (Å²) < 4.78 is 25.8. The Morgan fingerprint density at radius 2 is 1.75 bits per heavy atom. The highest BCUT2D eigenvalue weighted by Crippen LogP contribution is 2.40. The van der Waals surface area contributed by atoms with Crippen molar-refractivity contribution in [3.63, 3.8) is 0 Å². The normalized spacial score (nSPS) is 17.2. The van der Waals surface area contributed by atoms with Gasteiger partial charge in [-0.1, -0.05) is 12.1 Å². The van der Waals surface area contributed by atoms with Crippen LogP contribution in [0.4, 0.5) is 4.39 Å². The molecular weight excluding hydrogens is 465 g/mol. The molecule has 2 aliphatic heterocycles. The molecule has 1 atom stereocenters. The third kappa shape index (κ3) is 3.94. The van der Waals surface area contributed by atoms with Crippen LogP contribution in [0.25, 0.3) is 0 Å². The highest BCUT2D eigenvalue weighted by Gasteiger charge is 2.41. The molecule has 0 bridgehead atoms. The lowest BCUT2D eigenvalue weighted by molar-refractivity contribution is 0.0649. The van der Waals surface area contributed by atoms with E-state index in [2.05, 4.69) is 0 Å². The number of ether oxygens (including phenoxy) is 2. The highest BCUT2D eigenvalue weighted by atomic mass is 19.1. The van der Waals surface area contributed by atoms with Crippen LogP contribution in [0.2, 0.25) is 0 Å². The van der Waals surface area contributed by atoms with Crippen molar-refractivity contribution in [2.75, 3.05) is 27.3 Å². The van der Waals surface area contributed by atoms with Crippen LogP contribution in [0.3, 0.4) is 0 Å². The second-order valence-corrected chi connectivity index (χ2v) is 9.20. The number of halogens is 1. The van der Waals surface area contributed by atoms with Crippen molar-refractivity contribution in [2.24, 2.45) is 0 Å². The van der Waals surface area contributed by atoms with Crippen molar-refractivity contribution in [2.45, 2.75) is 32.5 Å². The van der Waals surface area contributed by atoms with Crippen molar-refractivity contribution in [1.82, 2.24) is 14.4 Å². The van der Waals surface area contributed by atoms with Crippen molar-refractivity contribution in [3.8, 4) is 17.2 Å². The number of carbonyl (C=O) groups is 2. The van der Waals surface area contributed by atoms with Gasteiger partial charge in [-0.05, 0) is 36.8 Å². The van der Waals surface area contributed by atoms with Gasteiger partial charge in [-0.3, -0.25) is 9.59 Å². The van der Waals surface area contributed by atoms with E-state index in [4.69, 9.17) is 9.47 Å². The van der Waals surface area contributed by atoms with Crippen molar-refractivity contribution in [1.29, 1.82) is 0 Å². The zero-order chi connectivity index (χ0) is 25.6. The molecule has 0 saturated heterocycles. The molecule has 1 aromatic heterocycles. The quantitative estimate of drug-likeness (QED) is 0.565. The van der Waals surface area contributed by atoms with E-state index >= 15 is 0 Å². The predicted molar refractivity (Wildman–Crippen MR) is 130 cm³/mol. The summed E-state index contributed by atoms with van der Waals surface area (Å²) >= 11 is 0. The summed E-state index contributed by atoms with van der Waals surface area (Å²) in [6.07, 6.45) is 0.514. The van der Waals surface area contributed by atoms with Crippen LogP contribution in [-0.4, -0.2) is 58.6 Å². The zero-order valence-electron chi connectivity index (χ0n) is 20.5. The van der Waals surface area contributed by atoms with Crippen LogP contribution in [0, 0.1) is 5.82 Å². The van der Waals surface area contributed by atoms with Gasteiger partial charge >= 0.3 is 0 Å². The summed E-state index contributed by atoms with van der Waals surface area (Å²) in [5, 5.41) is 11.1. The fraction of sp³-hybridized carbons (Fsp3) is 0.333. The molecule has 2 aliphatic rings. The van der Waals surface area contributed by atoms with E-state index in [1.807, 2.05) is 23.6 Å². The van der Waals surface area contributed by atoms with Gasteiger partial charge in [-0.2, -0.15) is 0 Å². The van der Waals surface area contributed by atoms with E-state index in [1.54, 1.807) is 42.2 Å². The fourth-order valence-electron chi connectivity index (χ4n) is 5.20. The first-order valence-corrected chi connectivity index (χ1v) is 11.8. The van der Waals surface area contributed by atoms with Gasteiger partial charge < -0.3 is 28.9 Å². The Morgan fingerprint density at radius 3 is 2.44 bits per heavy atom. The SMILES string of the molecule is COc1ccc(CN2CC(C)n3c4c(c(O)c3C2=O)C(=O)N(Cc2ccc(F)cc2)CC4)c(OC)c1. The average Bonchev–Trinajstić information content (AvgIpc) is 3.19. The van der Waals surface area contributed by atoms with E-state index in [-0.39, 0.29) is 47.2 Å². The molecule has 36 heavy (non-hydrogen) atoms. The van der Waals surface area contributed by atoms with Gasteiger partial charge in [0, 0.05) is 56.0 Å². The lowest BCUT2D eigenvalue weighted by Crippen LogP contribution is -2.43. The molecule has 8 nitrogen and oxygen atoms in total. The fourth-order valence-corrected chi connectivity index (χ4v) is 5.20. The number of amides is 2. The van der Waals surface area contributed by atoms with Crippen LogP contribution in [0.15, 0.2) is 42.5 Å². The van der Waals surface area contributed by atoms with Crippen LogP contribution in [0.5, 0.6) is 17.2 Å². The van der Waals surface area contributed by atoms with Crippen LogP contribution in [-0.2, 0) is 19.5 Å². The van der Waals surface area contributed by atoms with Gasteiger partial charge in [0.15, 0.2) is 11.4 Å². The maximum atomic E-state index is 13.6. The Bertz CT molecular complexity index is 1330. The van der Waals surface area contributed by atoms with Crippen molar-refractivity contribution < 1.29 is 28.6 Å². The summed E-state index contributed by atoms with van der Waals surface area (Å²) in [5.41, 5.74) is 2.61. The van der Waals surface area contributed by atoms with Gasteiger partial charge in [0.05, 0.1) is 14.2 Å². The number of nitrogens with zero attached hydrogens (tertiary/aromatic N) is 3. The van der Waals surface area contributed by atoms with Crippen LogP contribution < -0.4 is 9.47 Å². The van der Waals surface area contributed by atoms with Gasteiger partial charge in [0.1, 0.15) is 22.9 Å². The first-order valence-electron chi connectivity index (χ1n) is 11.8. The molecule has 0 spiro atoms. The summed E-state index contributed by atoms with van der Waals surface area (Å²) in [6.45, 7) is 3.43. The molecule has 9 heteroatoms. The zero-order valence-corrected chi connectivity index (χ0v) is 20.5. The van der Waals surface area contributed by atoms with E-state index in [1.165, 1.54) is 12.1 Å².